The van der Waals surface area contributed by atoms with Gasteiger partial charge in [0.2, 0.25) is 0 Å². The van der Waals surface area contributed by atoms with Crippen molar-refractivity contribution >= 4 is 5.91 Å². The first-order chi connectivity index (χ1) is 15.2. The fourth-order valence-corrected chi connectivity index (χ4v) is 1.61. The molecule has 1 heterocycles. The summed E-state index contributed by atoms with van der Waals surface area (Å²) in [5.41, 5.74) is 0.612. The summed E-state index contributed by atoms with van der Waals surface area (Å²) in [5, 5.41) is 5.56. The van der Waals surface area contributed by atoms with Crippen LogP contribution in [0.25, 0.3) is 0 Å². The van der Waals surface area contributed by atoms with E-state index >= 15 is 0 Å². The topological polar surface area (TPSA) is 78.3 Å². The van der Waals surface area contributed by atoms with Crippen LogP contribution < -0.4 is 5.43 Å². The fraction of sp³-hybridized carbons (Fsp3) is 0.727. The van der Waals surface area contributed by atoms with Gasteiger partial charge in [0.15, 0.2) is 0 Å². The quantitative estimate of drug-likeness (QED) is 0.481. The van der Waals surface area contributed by atoms with E-state index in [9.17, 15) is 79.4 Å². The normalized spacial score (nSPS) is 18.1. The number of carbonyl (C=O) groups is 1. The second-order valence-electron chi connectivity index (χ2n) is 5.81. The standard InChI is InChI=1S/C11H3F17N4O3/c12-4(7(16,17)18,3(33)31-32-1-29-30-2-32)34-11(27,28)6(15,9(22,23)24)35-10(25,26)5(13,14)8(19,20)21/h1-2H,(H,31,33). The second-order valence-corrected chi connectivity index (χ2v) is 5.81. The second kappa shape index (κ2) is 8.48. The van der Waals surface area contributed by atoms with E-state index in [-0.39, 0.29) is 17.3 Å². The van der Waals surface area contributed by atoms with Gasteiger partial charge in [-0.3, -0.25) is 19.7 Å². The van der Waals surface area contributed by atoms with Crippen LogP contribution in [0.1, 0.15) is 0 Å². The maximum absolute atomic E-state index is 14.2. The number of hydrogen-bond acceptors (Lipinski definition) is 5. The van der Waals surface area contributed by atoms with Crippen LogP contribution >= 0.6 is 0 Å². The number of ether oxygens (including phenoxy) is 2. The lowest BCUT2D eigenvalue weighted by molar-refractivity contribution is -0.548. The Bertz CT molecular complexity index is 895. The molecule has 24 heteroatoms. The molecule has 0 radical (unpaired) electrons. The molecule has 1 N–H and O–H groups in total. The maximum atomic E-state index is 14.2. The van der Waals surface area contributed by atoms with Crippen molar-refractivity contribution < 1.29 is 88.9 Å². The summed E-state index contributed by atoms with van der Waals surface area (Å²) in [4.78, 5) is 11.4. The molecule has 204 valence electrons. The minimum atomic E-state index is -8.07. The van der Waals surface area contributed by atoms with Gasteiger partial charge in [0, 0.05) is 0 Å². The molecule has 1 aromatic rings. The van der Waals surface area contributed by atoms with Crippen molar-refractivity contribution in [3.05, 3.63) is 12.7 Å². The molecule has 0 fully saturated rings. The number of alkyl halides is 17. The van der Waals surface area contributed by atoms with Gasteiger partial charge >= 0.3 is 54.3 Å². The summed E-state index contributed by atoms with van der Waals surface area (Å²) in [6.07, 6.45) is -38.3. The minimum Gasteiger partial charge on any atom is -0.266 e. The van der Waals surface area contributed by atoms with Crippen molar-refractivity contribution in [2.24, 2.45) is 0 Å². The van der Waals surface area contributed by atoms with Crippen LogP contribution in [-0.2, 0) is 14.3 Å². The lowest BCUT2D eigenvalue weighted by Crippen LogP contribution is -2.68. The van der Waals surface area contributed by atoms with Crippen LogP contribution in [0.2, 0.25) is 0 Å². The van der Waals surface area contributed by atoms with Gasteiger partial charge in [-0.15, -0.1) is 10.2 Å². The van der Waals surface area contributed by atoms with E-state index in [0.29, 0.717) is 5.43 Å². The molecule has 35 heavy (non-hydrogen) atoms. The van der Waals surface area contributed by atoms with E-state index in [1.54, 1.807) is 0 Å². The molecule has 2 atom stereocenters. The summed E-state index contributed by atoms with van der Waals surface area (Å²) >= 11 is 0. The molecule has 0 spiro atoms. The predicted octanol–water partition coefficient (Wildman–Crippen LogP) is 4.22. The van der Waals surface area contributed by atoms with Crippen molar-refractivity contribution in [1.82, 2.24) is 14.9 Å². The van der Waals surface area contributed by atoms with Crippen molar-refractivity contribution in [2.75, 3.05) is 5.43 Å². The lowest BCUT2D eigenvalue weighted by atomic mass is 10.2. The summed E-state index contributed by atoms with van der Waals surface area (Å²) in [7, 11) is 0. The van der Waals surface area contributed by atoms with Crippen molar-refractivity contribution in [3.8, 4) is 0 Å². The molecule has 0 saturated heterocycles. The number of nitrogens with one attached hydrogen (secondary N) is 1. The van der Waals surface area contributed by atoms with Crippen LogP contribution in [0.5, 0.6) is 0 Å². The van der Waals surface area contributed by atoms with E-state index in [0.717, 1.165) is 0 Å². The maximum Gasteiger partial charge on any atom is 0.462 e. The number of hydrogen-bond donors (Lipinski definition) is 1. The smallest absolute Gasteiger partial charge is 0.266 e. The average molecular weight is 562 g/mol. The first-order valence-corrected chi connectivity index (χ1v) is 7.44. The third-order valence-corrected chi connectivity index (χ3v) is 3.30. The molecule has 1 amide bonds. The van der Waals surface area contributed by atoms with Gasteiger partial charge in [0.1, 0.15) is 12.7 Å². The van der Waals surface area contributed by atoms with E-state index in [1.165, 1.54) is 4.74 Å². The van der Waals surface area contributed by atoms with Crippen LogP contribution in [0.3, 0.4) is 0 Å². The zero-order chi connectivity index (χ0) is 28.1. The third-order valence-electron chi connectivity index (χ3n) is 3.30. The van der Waals surface area contributed by atoms with Gasteiger partial charge in [-0.1, -0.05) is 0 Å². The molecule has 0 saturated carbocycles. The zero-order valence-corrected chi connectivity index (χ0v) is 15.1. The van der Waals surface area contributed by atoms with Crippen LogP contribution in [0, 0.1) is 0 Å². The van der Waals surface area contributed by atoms with Crippen molar-refractivity contribution in [2.45, 2.75) is 48.4 Å². The Morgan fingerprint density at radius 1 is 0.629 bits per heavy atom. The largest absolute Gasteiger partial charge is 0.462 e. The highest BCUT2D eigenvalue weighted by Crippen LogP contribution is 2.56. The van der Waals surface area contributed by atoms with Gasteiger partial charge in [-0.05, 0) is 0 Å². The highest BCUT2D eigenvalue weighted by atomic mass is 19.4. The SMILES string of the molecule is O=C(Nn1cnnc1)C(F)(OC(F)(F)C(F)(OC(F)(F)C(F)(F)C(F)(F)F)C(F)(F)F)C(F)(F)F. The molecular formula is C11H3F17N4O3. The Morgan fingerprint density at radius 3 is 1.40 bits per heavy atom. The summed E-state index contributed by atoms with van der Waals surface area (Å²) in [6.45, 7) is 0. The molecule has 0 aliphatic rings. The number of amides is 1. The molecule has 0 aromatic carbocycles. The molecule has 1 rings (SSSR count). The number of rotatable bonds is 8. The van der Waals surface area contributed by atoms with Gasteiger partial charge < -0.3 is 0 Å². The molecule has 0 bridgehead atoms. The minimum absolute atomic E-state index is 0.185. The molecule has 0 aliphatic heterocycles. The highest BCUT2D eigenvalue weighted by molar-refractivity contribution is 5.91. The Hall–Kier alpha value is -2.66. The molecular weight excluding hydrogens is 559 g/mol. The molecule has 7 nitrogen and oxygen atoms in total. The van der Waals surface area contributed by atoms with E-state index in [1.807, 2.05) is 4.74 Å². The first kappa shape index (κ1) is 30.4. The van der Waals surface area contributed by atoms with Crippen LogP contribution in [0.15, 0.2) is 12.7 Å². The van der Waals surface area contributed by atoms with Gasteiger partial charge in [0.25, 0.3) is 0 Å². The third kappa shape index (κ3) is 5.30. The number of carbonyl (C=O) groups excluding carboxylic acids is 1. The number of halogens is 17. The van der Waals surface area contributed by atoms with E-state index in [4.69, 9.17) is 0 Å². The molecule has 2 unspecified atom stereocenters. The molecule has 1 aromatic heterocycles. The van der Waals surface area contributed by atoms with Crippen molar-refractivity contribution in [3.63, 3.8) is 0 Å². The molecule has 0 aliphatic carbocycles. The fourth-order valence-electron chi connectivity index (χ4n) is 1.61. The monoisotopic (exact) mass is 562 g/mol. The lowest BCUT2D eigenvalue weighted by Gasteiger charge is -2.40. The van der Waals surface area contributed by atoms with Gasteiger partial charge in [-0.2, -0.15) is 74.6 Å². The van der Waals surface area contributed by atoms with Crippen LogP contribution in [0.4, 0.5) is 74.6 Å². The van der Waals surface area contributed by atoms with Gasteiger partial charge in [0.05, 0.1) is 0 Å². The Balaban J connectivity index is 3.60. The Morgan fingerprint density at radius 2 is 1.06 bits per heavy atom. The Kier molecular flexibility index (Phi) is 7.36. The number of aromatic nitrogens is 3. The predicted molar refractivity (Wildman–Crippen MR) is 67.2 cm³/mol. The summed E-state index contributed by atoms with van der Waals surface area (Å²) < 4.78 is 223. The average Bonchev–Trinajstić information content (AvgIpc) is 3.10. The van der Waals surface area contributed by atoms with Crippen LogP contribution in [-0.4, -0.2) is 69.2 Å². The highest BCUT2D eigenvalue weighted by Gasteiger charge is 2.85. The van der Waals surface area contributed by atoms with Crippen molar-refractivity contribution in [1.29, 1.82) is 0 Å². The van der Waals surface area contributed by atoms with E-state index < -0.39 is 54.3 Å². The first-order valence-electron chi connectivity index (χ1n) is 7.44. The summed E-state index contributed by atoms with van der Waals surface area (Å²) in [5.74, 6) is -26.4. The zero-order valence-electron chi connectivity index (χ0n) is 15.1. The summed E-state index contributed by atoms with van der Waals surface area (Å²) in [6, 6.07) is 0. The Labute approximate surface area is 177 Å². The van der Waals surface area contributed by atoms with Gasteiger partial charge in [-0.25, -0.2) is 4.68 Å². The van der Waals surface area contributed by atoms with E-state index in [2.05, 4.69) is 10.2 Å². The number of nitrogens with zero attached hydrogens (tertiary/aromatic N) is 3.